The smallest absolute Gasteiger partial charge is 0.166 e. The van der Waals surface area contributed by atoms with Gasteiger partial charge in [0, 0.05) is 0 Å². The van der Waals surface area contributed by atoms with Crippen molar-refractivity contribution in [3.05, 3.63) is 59.7 Å². The molecule has 33 heavy (non-hydrogen) atoms. The Kier molecular flexibility index (Phi) is 8.20. The van der Waals surface area contributed by atoms with Gasteiger partial charge in [-0.25, -0.2) is 0 Å². The number of alkyl halides is 3. The number of halogens is 3. The van der Waals surface area contributed by atoms with Crippen LogP contribution in [0.5, 0.6) is 0 Å². The first-order chi connectivity index (χ1) is 15.9. The highest BCUT2D eigenvalue weighted by Crippen LogP contribution is 2.48. The third kappa shape index (κ3) is 6.43. The van der Waals surface area contributed by atoms with Gasteiger partial charge in [-0.1, -0.05) is 88.3 Å². The van der Waals surface area contributed by atoms with Crippen molar-refractivity contribution >= 4 is 0 Å². The Bertz CT molecular complexity index is 850. The molecule has 2 fully saturated rings. The molecular formula is C30H39F3. The van der Waals surface area contributed by atoms with Crippen LogP contribution in [0.4, 0.5) is 13.2 Å². The average molecular weight is 457 g/mol. The molecule has 0 heterocycles. The minimum Gasteiger partial charge on any atom is -0.166 e. The fraction of sp³-hybridized carbons (Fsp3) is 0.600. The van der Waals surface area contributed by atoms with Crippen molar-refractivity contribution in [2.45, 2.75) is 96.1 Å². The summed E-state index contributed by atoms with van der Waals surface area (Å²) < 4.78 is 38.4. The summed E-state index contributed by atoms with van der Waals surface area (Å²) in [6, 6.07) is 14.1. The van der Waals surface area contributed by atoms with Gasteiger partial charge in [0.25, 0.3) is 0 Å². The number of benzene rings is 2. The lowest BCUT2D eigenvalue weighted by molar-refractivity contribution is -0.137. The molecule has 0 amide bonds. The first-order valence-electron chi connectivity index (χ1n) is 13.2. The number of hydrogen-bond donors (Lipinski definition) is 0. The quantitative estimate of drug-likeness (QED) is 0.347. The highest BCUT2D eigenvalue weighted by molar-refractivity contribution is 5.64. The van der Waals surface area contributed by atoms with E-state index in [9.17, 15) is 13.2 Å². The van der Waals surface area contributed by atoms with Crippen LogP contribution in [-0.2, 0) is 6.18 Å². The van der Waals surface area contributed by atoms with Crippen LogP contribution in [0.25, 0.3) is 11.1 Å². The molecule has 2 aromatic rings. The van der Waals surface area contributed by atoms with Crippen LogP contribution in [0, 0.1) is 17.8 Å². The lowest BCUT2D eigenvalue weighted by atomic mass is 9.63. The molecule has 4 atom stereocenters. The molecule has 3 heteroatoms. The molecule has 0 bridgehead atoms. The summed E-state index contributed by atoms with van der Waals surface area (Å²) in [5.74, 6) is 3.42. The van der Waals surface area contributed by atoms with Crippen molar-refractivity contribution in [1.29, 1.82) is 0 Å². The average Bonchev–Trinajstić information content (AvgIpc) is 2.83. The Hall–Kier alpha value is -1.77. The molecular weight excluding hydrogens is 417 g/mol. The maximum absolute atomic E-state index is 12.8. The SMILES string of the molecule is CCCCCCCC1CCC2CC(c3ccc(-c4ccc(C(F)(F)F)cc4)cc3)CCC2C1. The molecule has 0 N–H and O–H groups in total. The summed E-state index contributed by atoms with van der Waals surface area (Å²) in [6.07, 6.45) is 12.4. The Morgan fingerprint density at radius 2 is 1.30 bits per heavy atom. The first-order valence-corrected chi connectivity index (χ1v) is 13.2. The lowest BCUT2D eigenvalue weighted by Gasteiger charge is -2.42. The second-order valence-corrected chi connectivity index (χ2v) is 10.6. The van der Waals surface area contributed by atoms with Gasteiger partial charge >= 0.3 is 6.18 Å². The monoisotopic (exact) mass is 456 g/mol. The molecule has 0 spiro atoms. The Morgan fingerprint density at radius 3 is 1.97 bits per heavy atom. The van der Waals surface area contributed by atoms with E-state index < -0.39 is 11.7 Å². The van der Waals surface area contributed by atoms with E-state index in [1.165, 1.54) is 94.7 Å². The molecule has 0 aliphatic heterocycles. The number of unbranched alkanes of at least 4 members (excludes halogenated alkanes) is 4. The molecule has 4 rings (SSSR count). The van der Waals surface area contributed by atoms with Crippen LogP contribution in [-0.4, -0.2) is 0 Å². The molecule has 0 nitrogen and oxygen atoms in total. The molecule has 0 saturated heterocycles. The van der Waals surface area contributed by atoms with Crippen molar-refractivity contribution < 1.29 is 13.2 Å². The molecule has 0 radical (unpaired) electrons. The van der Waals surface area contributed by atoms with E-state index in [2.05, 4.69) is 31.2 Å². The molecule has 2 aliphatic carbocycles. The second-order valence-electron chi connectivity index (χ2n) is 10.6. The van der Waals surface area contributed by atoms with Gasteiger partial charge in [0.05, 0.1) is 5.56 Å². The van der Waals surface area contributed by atoms with Crippen LogP contribution in [0.3, 0.4) is 0 Å². The normalized spacial score (nSPS) is 25.6. The van der Waals surface area contributed by atoms with E-state index in [0.717, 1.165) is 28.9 Å². The van der Waals surface area contributed by atoms with E-state index in [4.69, 9.17) is 0 Å². The van der Waals surface area contributed by atoms with Crippen LogP contribution in [0.2, 0.25) is 0 Å². The van der Waals surface area contributed by atoms with Gasteiger partial charge in [-0.3, -0.25) is 0 Å². The zero-order valence-electron chi connectivity index (χ0n) is 20.0. The standard InChI is InChI=1S/C30H39F3/c1-2-3-4-5-6-7-22-8-9-28-21-27(15-14-26(28)20-22)25-12-10-23(11-13-25)24-16-18-29(19-17-24)30(31,32)33/h10-13,16-19,22,26-28H,2-9,14-15,20-21H2,1H3. The third-order valence-corrected chi connectivity index (χ3v) is 8.37. The van der Waals surface area contributed by atoms with Gasteiger partial charge in [-0.2, -0.15) is 13.2 Å². The number of fused-ring (bicyclic) bond motifs is 1. The van der Waals surface area contributed by atoms with E-state index in [-0.39, 0.29) is 0 Å². The fourth-order valence-corrected chi connectivity index (χ4v) is 6.39. The van der Waals surface area contributed by atoms with Gasteiger partial charge in [-0.05, 0) is 84.6 Å². The molecule has 0 aromatic heterocycles. The second kappa shape index (κ2) is 11.1. The minimum absolute atomic E-state index is 0.592. The van der Waals surface area contributed by atoms with Crippen molar-refractivity contribution in [3.8, 4) is 11.1 Å². The van der Waals surface area contributed by atoms with Gasteiger partial charge in [0.15, 0.2) is 0 Å². The van der Waals surface area contributed by atoms with Crippen LogP contribution in [0.1, 0.15) is 101 Å². The summed E-state index contributed by atoms with van der Waals surface area (Å²) in [5.41, 5.74) is 2.64. The highest BCUT2D eigenvalue weighted by atomic mass is 19.4. The predicted molar refractivity (Wildman–Crippen MR) is 131 cm³/mol. The summed E-state index contributed by atoms with van der Waals surface area (Å²) in [4.78, 5) is 0. The highest BCUT2D eigenvalue weighted by Gasteiger charge is 2.35. The van der Waals surface area contributed by atoms with E-state index in [1.54, 1.807) is 12.1 Å². The van der Waals surface area contributed by atoms with Crippen LogP contribution < -0.4 is 0 Å². The van der Waals surface area contributed by atoms with Gasteiger partial charge in [-0.15, -0.1) is 0 Å². The zero-order valence-corrected chi connectivity index (χ0v) is 20.0. The number of hydrogen-bond acceptors (Lipinski definition) is 0. The van der Waals surface area contributed by atoms with Crippen molar-refractivity contribution in [2.24, 2.45) is 17.8 Å². The molecule has 4 unspecified atom stereocenters. The van der Waals surface area contributed by atoms with Crippen LogP contribution >= 0.6 is 0 Å². The maximum Gasteiger partial charge on any atom is 0.416 e. The summed E-state index contributed by atoms with van der Waals surface area (Å²) in [5, 5.41) is 0. The Morgan fingerprint density at radius 1 is 0.697 bits per heavy atom. The molecule has 180 valence electrons. The van der Waals surface area contributed by atoms with E-state index in [1.807, 2.05) is 0 Å². The van der Waals surface area contributed by atoms with Crippen molar-refractivity contribution in [1.82, 2.24) is 0 Å². The largest absolute Gasteiger partial charge is 0.416 e. The van der Waals surface area contributed by atoms with Gasteiger partial charge in [0.1, 0.15) is 0 Å². The third-order valence-electron chi connectivity index (χ3n) is 8.37. The molecule has 2 aliphatic rings. The van der Waals surface area contributed by atoms with Crippen LogP contribution in [0.15, 0.2) is 48.5 Å². The van der Waals surface area contributed by atoms with E-state index >= 15 is 0 Å². The van der Waals surface area contributed by atoms with Crippen molar-refractivity contribution in [2.75, 3.05) is 0 Å². The summed E-state index contributed by atoms with van der Waals surface area (Å²) >= 11 is 0. The fourth-order valence-electron chi connectivity index (χ4n) is 6.39. The molecule has 2 aromatic carbocycles. The Balaban J connectivity index is 1.28. The topological polar surface area (TPSA) is 0 Å². The summed E-state index contributed by atoms with van der Waals surface area (Å²) in [7, 11) is 0. The lowest BCUT2D eigenvalue weighted by Crippen LogP contribution is -2.30. The van der Waals surface area contributed by atoms with E-state index in [0.29, 0.717) is 5.92 Å². The first kappa shape index (κ1) is 24.4. The van der Waals surface area contributed by atoms with Gasteiger partial charge in [0.2, 0.25) is 0 Å². The summed E-state index contributed by atoms with van der Waals surface area (Å²) in [6.45, 7) is 2.28. The zero-order chi connectivity index (χ0) is 23.3. The maximum atomic E-state index is 12.8. The Labute approximate surface area is 198 Å². The van der Waals surface area contributed by atoms with Crippen molar-refractivity contribution in [3.63, 3.8) is 0 Å². The predicted octanol–water partition coefficient (Wildman–Crippen LogP) is 10.0. The molecule has 2 saturated carbocycles. The number of rotatable bonds is 8. The minimum atomic E-state index is -4.28. The van der Waals surface area contributed by atoms with Gasteiger partial charge < -0.3 is 0 Å².